The molecule has 0 fully saturated rings. The van der Waals surface area contributed by atoms with E-state index in [2.05, 4.69) is 10.4 Å². The zero-order valence-electron chi connectivity index (χ0n) is 9.90. The summed E-state index contributed by atoms with van der Waals surface area (Å²) in [5.41, 5.74) is 3.16. The molecule has 96 valence electrons. The smallest absolute Gasteiger partial charge is 0.280 e. The number of pyridine rings is 1. The molecule has 1 aromatic heterocycles. The van der Waals surface area contributed by atoms with Crippen molar-refractivity contribution in [2.45, 2.75) is 6.43 Å². The van der Waals surface area contributed by atoms with Gasteiger partial charge in [-0.3, -0.25) is 5.84 Å². The van der Waals surface area contributed by atoms with E-state index in [4.69, 9.17) is 5.84 Å². The van der Waals surface area contributed by atoms with Crippen LogP contribution >= 0.6 is 0 Å². The minimum Gasteiger partial charge on any atom is -0.323 e. The number of nitrogen functional groups attached to an aromatic ring is 1. The number of rotatable bonds is 2. The highest BCUT2D eigenvalue weighted by molar-refractivity contribution is 6.09. The predicted octanol–water partition coefficient (Wildman–Crippen LogP) is 3.61. The number of nitrogens with one attached hydrogen (secondary N) is 1. The maximum absolute atomic E-state index is 12.9. The highest BCUT2D eigenvalue weighted by atomic mass is 19.3. The van der Waals surface area contributed by atoms with Crippen LogP contribution in [0, 0.1) is 0 Å². The van der Waals surface area contributed by atoms with Crippen LogP contribution in [0.3, 0.4) is 0 Å². The predicted molar refractivity (Wildman–Crippen MR) is 72.0 cm³/mol. The van der Waals surface area contributed by atoms with E-state index in [1.807, 2.05) is 36.4 Å². The van der Waals surface area contributed by atoms with Crippen molar-refractivity contribution in [1.82, 2.24) is 4.98 Å². The van der Waals surface area contributed by atoms with Gasteiger partial charge < -0.3 is 5.43 Å². The first-order chi connectivity index (χ1) is 9.20. The molecule has 0 amide bonds. The third-order valence-corrected chi connectivity index (χ3v) is 3.10. The number of nitrogens with zero attached hydrogens (tertiary/aromatic N) is 1. The summed E-state index contributed by atoms with van der Waals surface area (Å²) in [7, 11) is 0. The minimum atomic E-state index is -2.63. The SMILES string of the molecule is NNc1cc(C(F)F)nc2c1ccc1ccccc12. The standard InChI is InChI=1S/C14H11F2N3/c15-14(16)12-7-11(19-17)10-6-5-8-3-1-2-4-9(8)13(10)18-12/h1-7,14H,17H2,(H,18,19). The van der Waals surface area contributed by atoms with Crippen molar-refractivity contribution in [1.29, 1.82) is 0 Å². The lowest BCUT2D eigenvalue weighted by atomic mass is 10.0. The van der Waals surface area contributed by atoms with Gasteiger partial charge >= 0.3 is 0 Å². The monoisotopic (exact) mass is 259 g/mol. The number of hydrogen-bond donors (Lipinski definition) is 2. The third-order valence-electron chi connectivity index (χ3n) is 3.10. The number of halogens is 2. The Hall–Kier alpha value is -2.27. The van der Waals surface area contributed by atoms with E-state index in [1.165, 1.54) is 6.07 Å². The van der Waals surface area contributed by atoms with Gasteiger partial charge in [0.2, 0.25) is 0 Å². The summed E-state index contributed by atoms with van der Waals surface area (Å²) in [5.74, 6) is 5.41. The molecule has 3 rings (SSSR count). The lowest BCUT2D eigenvalue weighted by Gasteiger charge is -2.10. The van der Waals surface area contributed by atoms with Crippen molar-refractivity contribution < 1.29 is 8.78 Å². The van der Waals surface area contributed by atoms with E-state index in [9.17, 15) is 8.78 Å². The van der Waals surface area contributed by atoms with Crippen molar-refractivity contribution in [3.63, 3.8) is 0 Å². The highest BCUT2D eigenvalue weighted by Gasteiger charge is 2.14. The highest BCUT2D eigenvalue weighted by Crippen LogP contribution is 2.31. The van der Waals surface area contributed by atoms with E-state index in [0.29, 0.717) is 11.2 Å². The second-order valence-corrected chi connectivity index (χ2v) is 4.22. The summed E-state index contributed by atoms with van der Waals surface area (Å²) in [6.07, 6.45) is -2.63. The van der Waals surface area contributed by atoms with Crippen molar-refractivity contribution in [2.24, 2.45) is 5.84 Å². The second-order valence-electron chi connectivity index (χ2n) is 4.22. The number of nitrogens with two attached hydrogens (primary N) is 1. The van der Waals surface area contributed by atoms with Crippen LogP contribution < -0.4 is 11.3 Å². The third kappa shape index (κ3) is 1.88. The molecule has 3 nitrogen and oxygen atoms in total. The number of alkyl halides is 2. The summed E-state index contributed by atoms with van der Waals surface area (Å²) >= 11 is 0. The Morgan fingerprint density at radius 2 is 1.84 bits per heavy atom. The molecule has 0 unspecified atom stereocenters. The van der Waals surface area contributed by atoms with Gasteiger partial charge in [0.1, 0.15) is 5.69 Å². The number of fused-ring (bicyclic) bond motifs is 3. The number of aromatic nitrogens is 1. The van der Waals surface area contributed by atoms with Crippen molar-refractivity contribution in [3.8, 4) is 0 Å². The first kappa shape index (κ1) is 11.8. The molecular formula is C14H11F2N3. The number of hydrazine groups is 1. The Morgan fingerprint density at radius 3 is 2.58 bits per heavy atom. The van der Waals surface area contributed by atoms with Gasteiger partial charge in [0.05, 0.1) is 11.2 Å². The van der Waals surface area contributed by atoms with Crippen molar-refractivity contribution >= 4 is 27.4 Å². The molecule has 3 aromatic rings. The molecule has 19 heavy (non-hydrogen) atoms. The van der Waals surface area contributed by atoms with E-state index in [-0.39, 0.29) is 5.69 Å². The fourth-order valence-corrected chi connectivity index (χ4v) is 2.21. The number of hydrogen-bond acceptors (Lipinski definition) is 3. The summed E-state index contributed by atoms with van der Waals surface area (Å²) in [4.78, 5) is 4.07. The van der Waals surface area contributed by atoms with Gasteiger partial charge in [0, 0.05) is 10.8 Å². The van der Waals surface area contributed by atoms with Crippen LogP contribution in [0.5, 0.6) is 0 Å². The molecule has 0 aliphatic rings. The lowest BCUT2D eigenvalue weighted by Crippen LogP contribution is -2.08. The normalized spacial score (nSPS) is 11.4. The van der Waals surface area contributed by atoms with Gasteiger partial charge in [-0.05, 0) is 11.5 Å². The van der Waals surface area contributed by atoms with Crippen LogP contribution in [0.15, 0.2) is 42.5 Å². The molecule has 0 aliphatic heterocycles. The summed E-state index contributed by atoms with van der Waals surface area (Å²) in [6, 6.07) is 12.6. The molecule has 0 bridgehead atoms. The van der Waals surface area contributed by atoms with Crippen LogP contribution in [0.2, 0.25) is 0 Å². The maximum atomic E-state index is 12.9. The van der Waals surface area contributed by atoms with Crippen LogP contribution in [0.25, 0.3) is 21.7 Å². The molecular weight excluding hydrogens is 248 g/mol. The fraction of sp³-hybridized carbons (Fsp3) is 0.0714. The summed E-state index contributed by atoms with van der Waals surface area (Å²) < 4.78 is 25.8. The van der Waals surface area contributed by atoms with Gasteiger partial charge in [-0.1, -0.05) is 36.4 Å². The maximum Gasteiger partial charge on any atom is 0.280 e. The molecule has 0 saturated heterocycles. The van der Waals surface area contributed by atoms with Gasteiger partial charge in [-0.25, -0.2) is 13.8 Å². The fourth-order valence-electron chi connectivity index (χ4n) is 2.21. The molecule has 0 radical (unpaired) electrons. The second kappa shape index (κ2) is 4.44. The number of anilines is 1. The Kier molecular flexibility index (Phi) is 2.76. The quantitative estimate of drug-likeness (QED) is 0.420. The van der Waals surface area contributed by atoms with Crippen molar-refractivity contribution in [3.05, 3.63) is 48.2 Å². The Labute approximate surface area is 108 Å². The van der Waals surface area contributed by atoms with Gasteiger partial charge in [0.15, 0.2) is 0 Å². The molecule has 3 N–H and O–H groups in total. The van der Waals surface area contributed by atoms with E-state index < -0.39 is 6.43 Å². The lowest BCUT2D eigenvalue weighted by molar-refractivity contribution is 0.146. The minimum absolute atomic E-state index is 0.281. The van der Waals surface area contributed by atoms with Gasteiger partial charge in [-0.15, -0.1) is 0 Å². The van der Waals surface area contributed by atoms with Crippen LogP contribution in [0.4, 0.5) is 14.5 Å². The van der Waals surface area contributed by atoms with Crippen molar-refractivity contribution in [2.75, 3.05) is 5.43 Å². The largest absolute Gasteiger partial charge is 0.323 e. The Morgan fingerprint density at radius 1 is 1.05 bits per heavy atom. The van der Waals surface area contributed by atoms with E-state index >= 15 is 0 Å². The molecule has 0 spiro atoms. The van der Waals surface area contributed by atoms with Crippen LogP contribution in [0.1, 0.15) is 12.1 Å². The van der Waals surface area contributed by atoms with Crippen LogP contribution in [-0.2, 0) is 0 Å². The van der Waals surface area contributed by atoms with E-state index in [0.717, 1.165) is 16.2 Å². The molecule has 2 aromatic carbocycles. The topological polar surface area (TPSA) is 50.9 Å². The molecule has 0 aliphatic carbocycles. The zero-order chi connectivity index (χ0) is 13.4. The number of benzene rings is 2. The Bertz CT molecular complexity index is 756. The van der Waals surface area contributed by atoms with Crippen LogP contribution in [-0.4, -0.2) is 4.98 Å². The first-order valence-corrected chi connectivity index (χ1v) is 5.78. The summed E-state index contributed by atoms with van der Waals surface area (Å²) in [5, 5.41) is 2.52. The first-order valence-electron chi connectivity index (χ1n) is 5.78. The molecule has 0 atom stereocenters. The Balaban J connectivity index is 2.46. The molecule has 5 heteroatoms. The van der Waals surface area contributed by atoms with E-state index in [1.54, 1.807) is 0 Å². The van der Waals surface area contributed by atoms with Gasteiger partial charge in [-0.2, -0.15) is 0 Å². The molecule has 1 heterocycles. The molecule has 0 saturated carbocycles. The summed E-state index contributed by atoms with van der Waals surface area (Å²) in [6.45, 7) is 0. The average molecular weight is 259 g/mol. The van der Waals surface area contributed by atoms with Gasteiger partial charge in [0.25, 0.3) is 6.43 Å². The zero-order valence-corrected chi connectivity index (χ0v) is 9.90. The average Bonchev–Trinajstić information content (AvgIpc) is 2.45.